The number of anilines is 1. The van der Waals surface area contributed by atoms with Crippen molar-refractivity contribution in [3.8, 4) is 0 Å². The zero-order valence-electron chi connectivity index (χ0n) is 16.6. The lowest BCUT2D eigenvalue weighted by Crippen LogP contribution is -2.39. The quantitative estimate of drug-likeness (QED) is 0.501. The van der Waals surface area contributed by atoms with Gasteiger partial charge in [0.15, 0.2) is 0 Å². The molecule has 150 valence electrons. The molecule has 3 aromatic rings. The molecule has 0 fully saturated rings. The van der Waals surface area contributed by atoms with Gasteiger partial charge in [0, 0.05) is 5.56 Å². The maximum absolute atomic E-state index is 12.3. The standard InChI is InChI=1S/C22H23N3O3S/c1-16-11-12-20(13-17(16)2)25(29(3,27)28)15-22(26)24-23-14-19-9-6-8-18-7-4-5-10-21(18)19/h4-14H,15H2,1-3H3,(H,24,26)/b23-14-. The van der Waals surface area contributed by atoms with E-state index in [1.807, 2.05) is 62.4 Å². The van der Waals surface area contributed by atoms with Crippen molar-refractivity contribution in [2.24, 2.45) is 5.10 Å². The molecule has 1 N–H and O–H groups in total. The van der Waals surface area contributed by atoms with E-state index < -0.39 is 15.9 Å². The Hall–Kier alpha value is -3.19. The van der Waals surface area contributed by atoms with Gasteiger partial charge < -0.3 is 0 Å². The normalized spacial score (nSPS) is 11.7. The summed E-state index contributed by atoms with van der Waals surface area (Å²) in [4.78, 5) is 12.3. The molecular weight excluding hydrogens is 386 g/mol. The first-order chi connectivity index (χ1) is 13.8. The first-order valence-corrected chi connectivity index (χ1v) is 10.9. The lowest BCUT2D eigenvalue weighted by Gasteiger charge is -2.22. The average Bonchev–Trinajstić information content (AvgIpc) is 2.68. The zero-order chi connectivity index (χ0) is 21.0. The molecule has 0 aromatic heterocycles. The molecule has 6 nitrogen and oxygen atoms in total. The number of sulfonamides is 1. The van der Waals surface area contributed by atoms with Crippen LogP contribution in [0.25, 0.3) is 10.8 Å². The molecule has 0 aliphatic heterocycles. The van der Waals surface area contributed by atoms with Crippen LogP contribution >= 0.6 is 0 Å². The largest absolute Gasteiger partial charge is 0.271 e. The number of aryl methyl sites for hydroxylation is 2. The van der Waals surface area contributed by atoms with Crippen LogP contribution in [0, 0.1) is 13.8 Å². The lowest BCUT2D eigenvalue weighted by atomic mass is 10.1. The van der Waals surface area contributed by atoms with E-state index >= 15 is 0 Å². The van der Waals surface area contributed by atoms with Gasteiger partial charge in [-0.3, -0.25) is 9.10 Å². The Morgan fingerprint density at radius 3 is 2.48 bits per heavy atom. The highest BCUT2D eigenvalue weighted by Crippen LogP contribution is 2.21. The minimum absolute atomic E-state index is 0.353. The molecule has 29 heavy (non-hydrogen) atoms. The van der Waals surface area contributed by atoms with Crippen molar-refractivity contribution in [2.75, 3.05) is 17.1 Å². The molecular formula is C22H23N3O3S. The Labute approximate surface area is 170 Å². The summed E-state index contributed by atoms with van der Waals surface area (Å²) in [6.45, 7) is 3.49. The van der Waals surface area contributed by atoms with Crippen LogP contribution < -0.4 is 9.73 Å². The highest BCUT2D eigenvalue weighted by Gasteiger charge is 2.21. The number of benzene rings is 3. The number of nitrogens with zero attached hydrogens (tertiary/aromatic N) is 2. The molecule has 0 spiro atoms. The van der Waals surface area contributed by atoms with Crippen molar-refractivity contribution >= 4 is 38.6 Å². The second kappa shape index (κ2) is 8.45. The van der Waals surface area contributed by atoms with Gasteiger partial charge in [-0.15, -0.1) is 0 Å². The minimum atomic E-state index is -3.63. The third kappa shape index (κ3) is 5.00. The van der Waals surface area contributed by atoms with Crippen molar-refractivity contribution in [1.29, 1.82) is 0 Å². The Kier molecular flexibility index (Phi) is 5.98. The summed E-state index contributed by atoms with van der Waals surface area (Å²) in [5.41, 5.74) is 5.72. The molecule has 3 rings (SSSR count). The lowest BCUT2D eigenvalue weighted by molar-refractivity contribution is -0.119. The average molecular weight is 410 g/mol. The second-order valence-electron chi connectivity index (χ2n) is 6.90. The summed E-state index contributed by atoms with van der Waals surface area (Å²) in [5, 5.41) is 6.09. The van der Waals surface area contributed by atoms with Gasteiger partial charge >= 0.3 is 0 Å². The van der Waals surface area contributed by atoms with Crippen molar-refractivity contribution in [3.05, 3.63) is 77.4 Å². The summed E-state index contributed by atoms with van der Waals surface area (Å²) in [6, 6.07) is 19.0. The van der Waals surface area contributed by atoms with Gasteiger partial charge in [0.05, 0.1) is 18.2 Å². The van der Waals surface area contributed by atoms with Gasteiger partial charge in [-0.25, -0.2) is 13.8 Å². The monoisotopic (exact) mass is 409 g/mol. The molecule has 0 atom stereocenters. The summed E-state index contributed by atoms with van der Waals surface area (Å²) in [6.07, 6.45) is 2.63. The maximum atomic E-state index is 12.3. The Bertz CT molecular complexity index is 1180. The fourth-order valence-corrected chi connectivity index (χ4v) is 3.83. The summed E-state index contributed by atoms with van der Waals surface area (Å²) < 4.78 is 25.5. The first kappa shape index (κ1) is 20.5. The van der Waals surface area contributed by atoms with E-state index in [0.717, 1.165) is 38.0 Å². The van der Waals surface area contributed by atoms with Gasteiger partial charge in [0.1, 0.15) is 6.54 Å². The van der Waals surface area contributed by atoms with Gasteiger partial charge in [-0.2, -0.15) is 5.10 Å². The molecule has 0 unspecified atom stereocenters. The zero-order valence-corrected chi connectivity index (χ0v) is 17.4. The Balaban J connectivity index is 1.75. The molecule has 0 aliphatic rings. The van der Waals surface area contributed by atoms with E-state index in [1.165, 1.54) is 0 Å². The van der Waals surface area contributed by atoms with Crippen molar-refractivity contribution in [1.82, 2.24) is 5.43 Å². The molecule has 0 radical (unpaired) electrons. The number of fused-ring (bicyclic) bond motifs is 1. The molecule has 0 saturated heterocycles. The number of carbonyl (C=O) groups is 1. The van der Waals surface area contributed by atoms with Crippen LogP contribution in [0.2, 0.25) is 0 Å². The number of nitrogens with one attached hydrogen (secondary N) is 1. The van der Waals surface area contributed by atoms with Crippen molar-refractivity contribution in [3.63, 3.8) is 0 Å². The van der Waals surface area contributed by atoms with E-state index in [2.05, 4.69) is 10.5 Å². The van der Waals surface area contributed by atoms with Gasteiger partial charge in [-0.1, -0.05) is 48.5 Å². The van der Waals surface area contributed by atoms with E-state index in [0.29, 0.717) is 5.69 Å². The number of hydrazone groups is 1. The van der Waals surface area contributed by atoms with E-state index in [1.54, 1.807) is 18.3 Å². The smallest absolute Gasteiger partial charge is 0.260 e. The predicted octanol–water partition coefficient (Wildman–Crippen LogP) is 3.37. The van der Waals surface area contributed by atoms with Crippen molar-refractivity contribution in [2.45, 2.75) is 13.8 Å². The fourth-order valence-electron chi connectivity index (χ4n) is 2.98. The highest BCUT2D eigenvalue weighted by molar-refractivity contribution is 7.92. The van der Waals surface area contributed by atoms with Gasteiger partial charge in [0.2, 0.25) is 10.0 Å². The van der Waals surface area contributed by atoms with Gasteiger partial charge in [-0.05, 0) is 47.9 Å². The van der Waals surface area contributed by atoms with Crippen LogP contribution in [0.15, 0.2) is 65.8 Å². The Morgan fingerprint density at radius 2 is 1.76 bits per heavy atom. The maximum Gasteiger partial charge on any atom is 0.260 e. The van der Waals surface area contributed by atoms with Crippen LogP contribution in [-0.4, -0.2) is 33.3 Å². The Morgan fingerprint density at radius 1 is 1.03 bits per heavy atom. The number of hydrogen-bond donors (Lipinski definition) is 1. The molecule has 7 heteroatoms. The van der Waals surface area contributed by atoms with Gasteiger partial charge in [0.25, 0.3) is 5.91 Å². The summed E-state index contributed by atoms with van der Waals surface area (Å²) in [7, 11) is -3.63. The van der Waals surface area contributed by atoms with E-state index in [4.69, 9.17) is 0 Å². The van der Waals surface area contributed by atoms with Crippen LogP contribution in [0.3, 0.4) is 0 Å². The molecule has 0 saturated carbocycles. The predicted molar refractivity (Wildman–Crippen MR) is 118 cm³/mol. The molecule has 0 heterocycles. The SMILES string of the molecule is Cc1ccc(N(CC(=O)N/N=C\c2cccc3ccccc23)S(C)(=O)=O)cc1C. The van der Waals surface area contributed by atoms with Crippen LogP contribution in [0.1, 0.15) is 16.7 Å². The van der Waals surface area contributed by atoms with Crippen LogP contribution in [0.5, 0.6) is 0 Å². The highest BCUT2D eigenvalue weighted by atomic mass is 32.2. The van der Waals surface area contributed by atoms with E-state index in [-0.39, 0.29) is 6.54 Å². The molecule has 3 aromatic carbocycles. The number of hydrogen-bond acceptors (Lipinski definition) is 4. The van der Waals surface area contributed by atoms with Crippen LogP contribution in [0.4, 0.5) is 5.69 Å². The number of rotatable bonds is 6. The van der Waals surface area contributed by atoms with E-state index in [9.17, 15) is 13.2 Å². The molecule has 0 aliphatic carbocycles. The second-order valence-corrected chi connectivity index (χ2v) is 8.81. The topological polar surface area (TPSA) is 78.8 Å². The van der Waals surface area contributed by atoms with Crippen LogP contribution in [-0.2, 0) is 14.8 Å². The van der Waals surface area contributed by atoms with Crippen molar-refractivity contribution < 1.29 is 13.2 Å². The summed E-state index contributed by atoms with van der Waals surface area (Å²) in [5.74, 6) is -0.523. The fraction of sp³-hybridized carbons (Fsp3) is 0.182. The third-order valence-corrected chi connectivity index (χ3v) is 5.82. The third-order valence-electron chi connectivity index (χ3n) is 4.68. The first-order valence-electron chi connectivity index (χ1n) is 9.10. The minimum Gasteiger partial charge on any atom is -0.271 e. The number of amides is 1. The summed E-state index contributed by atoms with van der Waals surface area (Å²) >= 11 is 0. The number of carbonyl (C=O) groups excluding carboxylic acids is 1. The molecule has 0 bridgehead atoms. The molecule has 1 amide bonds.